The number of nitrogens with one attached hydrogen (secondary N) is 1. The molecule has 17 heterocycles. The van der Waals surface area contributed by atoms with Crippen LogP contribution >= 0.6 is 47.8 Å². The van der Waals surface area contributed by atoms with Crippen molar-refractivity contribution in [3.8, 4) is 33.4 Å². The van der Waals surface area contributed by atoms with E-state index in [1.165, 1.54) is 30.4 Å². The van der Waals surface area contributed by atoms with Gasteiger partial charge in [0.05, 0.1) is 78.4 Å². The van der Waals surface area contributed by atoms with E-state index in [0.29, 0.717) is 132 Å². The number of aryl methyl sites for hydroxylation is 5. The van der Waals surface area contributed by atoms with E-state index in [9.17, 15) is 47.4 Å². The Morgan fingerprint density at radius 1 is 0.535 bits per heavy atom. The van der Waals surface area contributed by atoms with Crippen LogP contribution in [-0.2, 0) is 99.2 Å². The van der Waals surface area contributed by atoms with Crippen molar-refractivity contribution < 1.29 is 61.2 Å². The van der Waals surface area contributed by atoms with Crippen molar-refractivity contribution in [2.75, 3.05) is 64.9 Å². The van der Waals surface area contributed by atoms with E-state index in [2.05, 4.69) is 131 Å². The molecule has 4 saturated heterocycles. The Bertz CT molecular complexity index is 7280. The number of carbonyl (C=O) groups excluding carboxylic acids is 9. The van der Waals surface area contributed by atoms with Crippen molar-refractivity contribution in [1.82, 2.24) is 98.1 Å². The summed E-state index contributed by atoms with van der Waals surface area (Å²) in [6.45, 7) is 15.9. The fraction of sp³-hybridized carbons (Fsp3) is 0.434. The SMILES string of the molecule is C=S1(=O)Cc2ccc(Br)nc2CC(=O)[C@@H]2C[C@@]3(C=CCCCN1C)C[C@H]3N2C(=O)Cn1nc(C(C)=O)c2cc(-c3cnc(C)nc3)ccc21.CC(=O)c1nn(CC(=O)N2C[C@@]3(F)COCCCCCCc4ccc(Br)nc4CC(=O)[C@@H]2C3)c2ccc(-c3cnc(C)nc3)cc12.CC(=O)c1nn(CC(=O)N2[C@H]3C[C@]4(C[C@@H]24)CN2CC(CCCOCc4ccc(Br)nc4NC3=O)C2)c2c(C)cc(-c3cnc(C)nc3)cc12. The van der Waals surface area contributed by atoms with Gasteiger partial charge in [-0.15, -0.1) is 0 Å². The maximum absolute atomic E-state index is 16.3. The van der Waals surface area contributed by atoms with Gasteiger partial charge in [-0.3, -0.25) is 61.4 Å². The maximum atomic E-state index is 16.3. The highest BCUT2D eigenvalue weighted by molar-refractivity contribution is 9.11. The van der Waals surface area contributed by atoms with E-state index in [0.717, 1.165) is 146 Å². The average Bonchev–Trinajstić information content (AvgIpc) is 1.54. The lowest BCUT2D eigenvalue weighted by molar-refractivity contribution is -0.139. The van der Waals surface area contributed by atoms with Crippen LogP contribution in [0.4, 0.5) is 10.2 Å². The van der Waals surface area contributed by atoms with Crippen LogP contribution in [0.15, 0.2) is 148 Å². The normalized spacial score (nSPS) is 24.5. The van der Waals surface area contributed by atoms with Gasteiger partial charge in [0.25, 0.3) is 0 Å². The number of likely N-dealkylation sites (tertiary alicyclic amines) is 3. The predicted molar refractivity (Wildman–Crippen MR) is 551 cm³/mol. The molecule has 6 fully saturated rings. The molecule has 4 amide bonds. The minimum Gasteiger partial charge on any atom is -0.378 e. The number of ketones is 5. The van der Waals surface area contributed by atoms with Gasteiger partial charge >= 0.3 is 0 Å². The van der Waals surface area contributed by atoms with E-state index in [1.807, 2.05) is 105 Å². The number of aromatic nitrogens is 15. The van der Waals surface area contributed by atoms with Gasteiger partial charge in [0, 0.05) is 175 Å². The number of Topliss-reactive ketones (excluding diaryl/α,β-unsaturated/α-hetero) is 5. The van der Waals surface area contributed by atoms with E-state index < -0.39 is 39.4 Å². The summed E-state index contributed by atoms with van der Waals surface area (Å²) in [4.78, 5) is 170. The molecule has 9 aromatic heterocycles. The molecule has 3 aromatic carbocycles. The number of nitrogens with zero attached hydrogens (tertiary/aromatic N) is 20. The zero-order valence-corrected chi connectivity index (χ0v) is 87.2. The second-order valence-corrected chi connectivity index (χ2v) is 44.9. The van der Waals surface area contributed by atoms with Crippen LogP contribution in [0.5, 0.6) is 0 Å². The number of hydrogen-bond acceptors (Lipinski definition) is 25. The first-order valence-corrected chi connectivity index (χ1v) is 53.2. The van der Waals surface area contributed by atoms with Gasteiger partial charge in [-0.05, 0) is 253 Å². The molecule has 2 spiro atoms. The van der Waals surface area contributed by atoms with Crippen molar-refractivity contribution in [3.05, 3.63) is 216 Å². The summed E-state index contributed by atoms with van der Waals surface area (Å²) in [5.41, 5.74) is 9.95. The number of benzene rings is 3. The quantitative estimate of drug-likeness (QED) is 0.0514. The standard InChI is InChI=1S/C36H39BrN8O4.C36H38BrN7O4S.C34H36BrFN6O4/c1-20-9-25(26-13-38-22(3)39-14-26)10-27-32(21(2)46)42-44(33(20)27)17-31(47)45-28-11-36(12-29(36)45)19-43-15-23(16-43)5-4-8-49-18-24-6-7-30(37)40-34(24)41-35(28)48;1-22(45)35-27-14-24(26-18-38-23(2)39-19-26)8-10-29(27)43(41-35)20-34(47)44-30-16-36(17-32(36)44)12-6-5-7-13-42(3)49(4,48)21-25-9-11-33(37)40-28(25)15-31(30)46;1-21(43)33-26-13-24(25-16-37-22(2)38-17-25)8-10-28(26)42(40-33)18-32(45)41-19-34(36)15-29(41)30(44)14-27-23(9-11-31(35)39-27)7-5-3-4-6-12-46-20-34/h6-7,9-10,13-14,23,28-29H,4-5,8,11-12,15-19H2,1-3H3,(H,40,41,48);6,8-12,14,18-19,30,32H,4-5,7,13,15-17,20-21H2,1-3H3;8-11,13,16-17,29H,3-7,12,14-15,18-20H2,1-2H3/t28-,29+,36-;30-,32+,36-,49?;29-,34+/m000/s1. The molecule has 9 atom stereocenters. The highest BCUT2D eigenvalue weighted by Crippen LogP contribution is 2.62. The summed E-state index contributed by atoms with van der Waals surface area (Å²) in [6, 6.07) is 23.8. The van der Waals surface area contributed by atoms with Crippen molar-refractivity contribution in [2.24, 2.45) is 16.7 Å². The van der Waals surface area contributed by atoms with Gasteiger partial charge in [0.1, 0.15) is 79.9 Å². The Hall–Kier alpha value is -12.0. The zero-order valence-electron chi connectivity index (χ0n) is 81.6. The van der Waals surface area contributed by atoms with Crippen LogP contribution in [0, 0.1) is 44.4 Å². The van der Waals surface area contributed by atoms with Gasteiger partial charge < -0.3 is 34.4 Å². The molecule has 2 saturated carbocycles. The van der Waals surface area contributed by atoms with Crippen LogP contribution in [-0.4, -0.2) is 256 Å². The molecule has 2 aliphatic carbocycles. The second kappa shape index (κ2) is 41.5. The van der Waals surface area contributed by atoms with Gasteiger partial charge in [0.2, 0.25) is 23.6 Å². The number of fused-ring (bicyclic) bond motifs is 13. The van der Waals surface area contributed by atoms with E-state index >= 15 is 4.39 Å². The monoisotopic (exact) mass is 2160 g/mol. The maximum Gasteiger partial charge on any atom is 0.248 e. The molecule has 38 heteroatoms. The third-order valence-electron chi connectivity index (χ3n) is 29.6. The fourth-order valence-corrected chi connectivity index (χ4v) is 24.3. The molecule has 144 heavy (non-hydrogen) atoms. The number of allylic oxidation sites excluding steroid dienone is 1. The number of rotatable bonds is 12. The van der Waals surface area contributed by atoms with Crippen molar-refractivity contribution >= 4 is 154 Å². The molecular weight excluding hydrogens is 2050 g/mol. The number of halogens is 4. The Morgan fingerprint density at radius 2 is 1.06 bits per heavy atom. The molecule has 0 radical (unpaired) electrons. The molecule has 10 aliphatic rings. The molecule has 1 unspecified atom stereocenters. The highest BCUT2D eigenvalue weighted by atomic mass is 79.9. The Balaban J connectivity index is 0.000000137. The molecule has 33 nitrogen and oxygen atoms in total. The molecular formula is C106H113Br3FN21O12S. The lowest BCUT2D eigenvalue weighted by atomic mass is 9.91. The fourth-order valence-electron chi connectivity index (χ4n) is 21.9. The molecule has 12 aromatic rings. The van der Waals surface area contributed by atoms with Crippen LogP contribution in [0.3, 0.4) is 0 Å². The summed E-state index contributed by atoms with van der Waals surface area (Å²) >= 11 is 10.3. The van der Waals surface area contributed by atoms with Gasteiger partial charge in [0.15, 0.2) is 34.6 Å². The van der Waals surface area contributed by atoms with Crippen LogP contribution in [0.25, 0.3) is 66.1 Å². The minimum atomic E-state index is -2.64. The number of piperidine rings is 2. The molecule has 8 bridgehead atoms. The van der Waals surface area contributed by atoms with Crippen molar-refractivity contribution in [2.45, 2.75) is 219 Å². The number of carbonyl (C=O) groups is 9. The minimum absolute atomic E-state index is 0.000342. The van der Waals surface area contributed by atoms with Crippen molar-refractivity contribution in [3.63, 3.8) is 0 Å². The van der Waals surface area contributed by atoms with Gasteiger partial charge in [-0.25, -0.2) is 53.6 Å². The number of pyridine rings is 3. The first kappa shape index (κ1) is 101. The average molecular weight is 2160 g/mol. The second-order valence-electron chi connectivity index (χ2n) is 40.0. The zero-order chi connectivity index (χ0) is 101. The summed E-state index contributed by atoms with van der Waals surface area (Å²) < 4.78 is 50.0. The van der Waals surface area contributed by atoms with E-state index in [1.54, 1.807) is 75.4 Å². The van der Waals surface area contributed by atoms with E-state index in [4.69, 9.17) is 14.6 Å². The molecule has 748 valence electrons. The first-order chi connectivity index (χ1) is 69.0. The summed E-state index contributed by atoms with van der Waals surface area (Å²) in [5.74, 6) is 5.13. The van der Waals surface area contributed by atoms with Crippen molar-refractivity contribution in [1.29, 1.82) is 0 Å². The summed E-state index contributed by atoms with van der Waals surface area (Å²) in [6.07, 6.45) is 25.6. The number of amides is 4. The number of anilines is 1. The Labute approximate surface area is 858 Å². The first-order valence-electron chi connectivity index (χ1n) is 49.0. The Kier molecular flexibility index (Phi) is 29.0. The lowest BCUT2D eigenvalue weighted by Crippen LogP contribution is -2.49. The molecule has 8 aliphatic heterocycles. The topological polar surface area (TPSA) is 387 Å². The third kappa shape index (κ3) is 21.4. The van der Waals surface area contributed by atoms with Crippen LogP contribution < -0.4 is 5.32 Å². The van der Waals surface area contributed by atoms with Crippen LogP contribution in [0.2, 0.25) is 0 Å². The van der Waals surface area contributed by atoms with Crippen LogP contribution in [0.1, 0.15) is 187 Å². The number of ether oxygens (including phenoxy) is 2. The smallest absolute Gasteiger partial charge is 0.248 e. The molecule has 22 rings (SSSR count). The van der Waals surface area contributed by atoms with Gasteiger partial charge in [-0.1, -0.05) is 55.3 Å². The molecule has 1 N–H and O–H groups in total. The third-order valence-corrected chi connectivity index (χ3v) is 33.0. The summed E-state index contributed by atoms with van der Waals surface area (Å²) in [7, 11) is -0.811. The van der Waals surface area contributed by atoms with E-state index in [-0.39, 0.29) is 139 Å². The summed E-state index contributed by atoms with van der Waals surface area (Å²) in [5, 5.41) is 18.7. The predicted octanol–water partition coefficient (Wildman–Crippen LogP) is 14.9. The Morgan fingerprint density at radius 3 is 1.68 bits per heavy atom. The largest absolute Gasteiger partial charge is 0.378 e. The lowest BCUT2D eigenvalue weighted by Gasteiger charge is -2.41. The number of alkyl halides is 1. The highest BCUT2D eigenvalue weighted by Gasteiger charge is 2.68. The number of hydrogen-bond donors (Lipinski definition) is 1. The van der Waals surface area contributed by atoms with Gasteiger partial charge in [-0.2, -0.15) is 15.3 Å².